The molecule has 0 aromatic rings. The highest BCUT2D eigenvalue weighted by molar-refractivity contribution is 5.79. The zero-order valence-electron chi connectivity index (χ0n) is 18.0. The molecule has 0 radical (unpaired) electrons. The Kier molecular flexibility index (Phi) is 11.8. The zero-order chi connectivity index (χ0) is 19.6. The highest BCUT2D eigenvalue weighted by Crippen LogP contribution is 2.17. The van der Waals surface area contributed by atoms with Gasteiger partial charge in [0.25, 0.3) is 0 Å². The number of carbonyl (C=O) groups is 2. The van der Waals surface area contributed by atoms with Gasteiger partial charge < -0.3 is 9.80 Å². The van der Waals surface area contributed by atoms with Gasteiger partial charge in [-0.1, -0.05) is 27.7 Å². The summed E-state index contributed by atoms with van der Waals surface area (Å²) in [7, 11) is 0. The molecule has 0 aliphatic rings. The quantitative estimate of drug-likeness (QED) is 0.494. The van der Waals surface area contributed by atoms with Crippen molar-refractivity contribution in [3.63, 3.8) is 0 Å². The lowest BCUT2D eigenvalue weighted by molar-refractivity contribution is -0.137. The summed E-state index contributed by atoms with van der Waals surface area (Å²) in [5.74, 6) is 0.380. The Hall–Kier alpha value is -1.06. The molecule has 4 atom stereocenters. The molecule has 0 unspecified atom stereocenters. The van der Waals surface area contributed by atoms with E-state index < -0.39 is 0 Å². The molecule has 0 aliphatic heterocycles. The minimum atomic E-state index is 0.190. The molecule has 0 rings (SSSR count). The SMILES string of the molecule is CC[C@@H](C)N(C(=O)CCCC(=O)N([C@H](C)CC)[C@@H](C)CC)[C@H](C)CC. The first-order chi connectivity index (χ1) is 11.7. The van der Waals surface area contributed by atoms with Crippen molar-refractivity contribution in [1.29, 1.82) is 0 Å². The lowest BCUT2D eigenvalue weighted by Crippen LogP contribution is -2.45. The third-order valence-corrected chi connectivity index (χ3v) is 5.62. The fourth-order valence-corrected chi connectivity index (χ4v) is 3.29. The van der Waals surface area contributed by atoms with Gasteiger partial charge >= 0.3 is 0 Å². The predicted molar refractivity (Wildman–Crippen MR) is 107 cm³/mol. The molecule has 0 N–H and O–H groups in total. The molecular formula is C21H42N2O2. The van der Waals surface area contributed by atoms with Crippen LogP contribution in [-0.2, 0) is 9.59 Å². The largest absolute Gasteiger partial charge is 0.337 e. The van der Waals surface area contributed by atoms with Crippen molar-refractivity contribution in [3.05, 3.63) is 0 Å². The zero-order valence-corrected chi connectivity index (χ0v) is 18.0. The van der Waals surface area contributed by atoms with E-state index in [4.69, 9.17) is 0 Å². The summed E-state index contributed by atoms with van der Waals surface area (Å²) in [6.45, 7) is 16.9. The summed E-state index contributed by atoms with van der Waals surface area (Å²) in [5.41, 5.74) is 0. The molecule has 0 aromatic carbocycles. The Balaban J connectivity index is 4.74. The van der Waals surface area contributed by atoms with E-state index in [0.717, 1.165) is 25.7 Å². The van der Waals surface area contributed by atoms with E-state index in [0.29, 0.717) is 19.3 Å². The monoisotopic (exact) mass is 354 g/mol. The minimum absolute atomic E-state index is 0.190. The van der Waals surface area contributed by atoms with Crippen LogP contribution in [0.1, 0.15) is 100 Å². The van der Waals surface area contributed by atoms with Crippen molar-refractivity contribution in [2.24, 2.45) is 0 Å². The van der Waals surface area contributed by atoms with Gasteiger partial charge in [-0.3, -0.25) is 9.59 Å². The fraction of sp³-hybridized carbons (Fsp3) is 0.905. The maximum atomic E-state index is 12.7. The number of carbonyl (C=O) groups excluding carboxylic acids is 2. The van der Waals surface area contributed by atoms with E-state index in [-0.39, 0.29) is 36.0 Å². The van der Waals surface area contributed by atoms with Crippen LogP contribution < -0.4 is 0 Å². The van der Waals surface area contributed by atoms with Gasteiger partial charge in [-0.05, 0) is 59.8 Å². The van der Waals surface area contributed by atoms with Gasteiger partial charge in [-0.2, -0.15) is 0 Å². The van der Waals surface area contributed by atoms with E-state index in [9.17, 15) is 9.59 Å². The van der Waals surface area contributed by atoms with Crippen molar-refractivity contribution >= 4 is 11.8 Å². The lowest BCUT2D eigenvalue weighted by Gasteiger charge is -2.35. The molecule has 0 saturated carbocycles. The van der Waals surface area contributed by atoms with Crippen molar-refractivity contribution in [1.82, 2.24) is 9.80 Å². The van der Waals surface area contributed by atoms with E-state index in [1.165, 1.54) is 0 Å². The first kappa shape index (κ1) is 23.9. The highest BCUT2D eigenvalue weighted by Gasteiger charge is 2.25. The standard InChI is InChI=1S/C21H42N2O2/c1-9-16(5)22(17(6)10-2)20(24)14-13-15-21(25)23(18(7)11-3)19(8)12-4/h16-19H,9-15H2,1-8H3/t16-,17-,18-,19+/m1/s1. The van der Waals surface area contributed by atoms with E-state index in [1.807, 2.05) is 9.80 Å². The summed E-state index contributed by atoms with van der Waals surface area (Å²) in [6, 6.07) is 1.04. The smallest absolute Gasteiger partial charge is 0.223 e. The van der Waals surface area contributed by atoms with Crippen molar-refractivity contribution in [2.75, 3.05) is 0 Å². The minimum Gasteiger partial charge on any atom is -0.337 e. The van der Waals surface area contributed by atoms with E-state index in [2.05, 4.69) is 55.4 Å². The molecule has 0 bridgehead atoms. The average molecular weight is 355 g/mol. The first-order valence-corrected chi connectivity index (χ1v) is 10.4. The molecular weight excluding hydrogens is 312 g/mol. The van der Waals surface area contributed by atoms with Crippen LogP contribution in [0.5, 0.6) is 0 Å². The Morgan fingerprint density at radius 1 is 0.600 bits per heavy atom. The van der Waals surface area contributed by atoms with Crippen molar-refractivity contribution < 1.29 is 9.59 Å². The molecule has 0 heterocycles. The van der Waals surface area contributed by atoms with Gasteiger partial charge in [-0.25, -0.2) is 0 Å². The lowest BCUT2D eigenvalue weighted by atomic mass is 10.1. The van der Waals surface area contributed by atoms with Crippen LogP contribution in [0.15, 0.2) is 0 Å². The van der Waals surface area contributed by atoms with Crippen molar-refractivity contribution in [3.8, 4) is 0 Å². The van der Waals surface area contributed by atoms with Crippen LogP contribution in [-0.4, -0.2) is 45.8 Å². The van der Waals surface area contributed by atoms with Gasteiger partial charge in [0, 0.05) is 37.0 Å². The van der Waals surface area contributed by atoms with Gasteiger partial charge in [0.05, 0.1) is 0 Å². The number of rotatable bonds is 12. The molecule has 148 valence electrons. The Labute approximate surface area is 156 Å². The summed E-state index contributed by atoms with van der Waals surface area (Å²) in [6.07, 6.45) is 5.43. The van der Waals surface area contributed by atoms with E-state index >= 15 is 0 Å². The molecule has 0 aliphatic carbocycles. The second kappa shape index (κ2) is 12.3. The van der Waals surface area contributed by atoms with E-state index in [1.54, 1.807) is 0 Å². The van der Waals surface area contributed by atoms with Crippen molar-refractivity contribution in [2.45, 2.75) is 125 Å². The number of hydrogen-bond acceptors (Lipinski definition) is 2. The highest BCUT2D eigenvalue weighted by atomic mass is 16.2. The third-order valence-electron chi connectivity index (χ3n) is 5.62. The molecule has 0 saturated heterocycles. The Morgan fingerprint density at radius 2 is 0.840 bits per heavy atom. The van der Waals surface area contributed by atoms with Crippen LogP contribution in [0, 0.1) is 0 Å². The van der Waals surface area contributed by atoms with Gasteiger partial charge in [-0.15, -0.1) is 0 Å². The molecule has 25 heavy (non-hydrogen) atoms. The third kappa shape index (κ3) is 7.37. The molecule has 0 fully saturated rings. The molecule has 0 aromatic heterocycles. The Morgan fingerprint density at radius 3 is 1.04 bits per heavy atom. The second-order valence-electron chi connectivity index (χ2n) is 7.48. The summed E-state index contributed by atoms with van der Waals surface area (Å²) in [4.78, 5) is 29.4. The number of amides is 2. The number of hydrogen-bond donors (Lipinski definition) is 0. The summed E-state index contributed by atoms with van der Waals surface area (Å²) < 4.78 is 0. The fourth-order valence-electron chi connectivity index (χ4n) is 3.29. The van der Waals surface area contributed by atoms with Gasteiger partial charge in [0.1, 0.15) is 0 Å². The predicted octanol–water partition coefficient (Wildman–Crippen LogP) is 5.01. The van der Waals surface area contributed by atoms with Crippen LogP contribution in [0.3, 0.4) is 0 Å². The average Bonchev–Trinajstić information content (AvgIpc) is 2.60. The maximum absolute atomic E-state index is 12.7. The molecule has 4 nitrogen and oxygen atoms in total. The maximum Gasteiger partial charge on any atom is 0.223 e. The van der Waals surface area contributed by atoms with Gasteiger partial charge in [0.15, 0.2) is 0 Å². The number of nitrogens with zero attached hydrogens (tertiary/aromatic N) is 2. The molecule has 0 spiro atoms. The Bertz CT molecular complexity index is 341. The summed E-state index contributed by atoms with van der Waals surface area (Å²) in [5, 5.41) is 0. The van der Waals surface area contributed by atoms with Gasteiger partial charge in [0.2, 0.25) is 11.8 Å². The first-order valence-electron chi connectivity index (χ1n) is 10.4. The normalized spacial score (nSPS) is 16.0. The molecule has 2 amide bonds. The van der Waals surface area contributed by atoms with Crippen LogP contribution in [0.2, 0.25) is 0 Å². The second-order valence-corrected chi connectivity index (χ2v) is 7.48. The van der Waals surface area contributed by atoms with Crippen LogP contribution in [0.4, 0.5) is 0 Å². The molecule has 4 heteroatoms. The topological polar surface area (TPSA) is 40.6 Å². The van der Waals surface area contributed by atoms with Crippen LogP contribution >= 0.6 is 0 Å². The summed E-state index contributed by atoms with van der Waals surface area (Å²) >= 11 is 0. The van der Waals surface area contributed by atoms with Crippen LogP contribution in [0.25, 0.3) is 0 Å².